The van der Waals surface area contributed by atoms with Crippen LogP contribution in [0, 0.1) is 11.7 Å². The molecule has 1 N–H and O–H groups in total. The zero-order valence-electron chi connectivity index (χ0n) is 19.1. The lowest BCUT2D eigenvalue weighted by Gasteiger charge is -2.49. The number of piperazine rings is 1. The summed E-state index contributed by atoms with van der Waals surface area (Å²) in [6.45, 7) is 4.62. The number of ether oxygens (including phenoxy) is 2. The first kappa shape index (κ1) is 22.2. The van der Waals surface area contributed by atoms with Crippen molar-refractivity contribution >= 4 is 11.6 Å². The fourth-order valence-corrected chi connectivity index (χ4v) is 5.41. The maximum Gasteiger partial charge on any atom is 0.225 e. The Morgan fingerprint density at radius 3 is 2.82 bits per heavy atom. The van der Waals surface area contributed by atoms with Crippen LogP contribution in [-0.4, -0.2) is 62.8 Å². The summed E-state index contributed by atoms with van der Waals surface area (Å²) in [7, 11) is 1.68. The van der Waals surface area contributed by atoms with Crippen LogP contribution in [0.2, 0.25) is 0 Å². The summed E-state index contributed by atoms with van der Waals surface area (Å²) >= 11 is 0. The number of hydrogen-bond acceptors (Lipinski definition) is 5. The Kier molecular flexibility index (Phi) is 6.51. The molecule has 6 nitrogen and oxygen atoms in total. The van der Waals surface area contributed by atoms with Gasteiger partial charge in [0.2, 0.25) is 5.91 Å². The van der Waals surface area contributed by atoms with Gasteiger partial charge in [-0.15, -0.1) is 0 Å². The Hall–Kier alpha value is -2.64. The number of carbonyl (C=O) groups is 1. The van der Waals surface area contributed by atoms with Crippen molar-refractivity contribution in [2.45, 2.75) is 38.0 Å². The molecule has 2 fully saturated rings. The lowest BCUT2D eigenvalue weighted by atomic mass is 9.83. The summed E-state index contributed by atoms with van der Waals surface area (Å²) in [5, 5.41) is 3.18. The first-order chi connectivity index (χ1) is 16.1. The van der Waals surface area contributed by atoms with E-state index >= 15 is 0 Å². The first-order valence-electron chi connectivity index (χ1n) is 11.9. The average molecular weight is 454 g/mol. The first-order valence-corrected chi connectivity index (χ1v) is 11.9. The van der Waals surface area contributed by atoms with Gasteiger partial charge in [-0.2, -0.15) is 0 Å². The van der Waals surface area contributed by atoms with E-state index in [1.54, 1.807) is 7.11 Å². The van der Waals surface area contributed by atoms with E-state index < -0.39 is 0 Å². The van der Waals surface area contributed by atoms with Crippen molar-refractivity contribution in [1.82, 2.24) is 10.2 Å². The maximum atomic E-state index is 13.4. The van der Waals surface area contributed by atoms with Crippen LogP contribution in [0.4, 0.5) is 10.1 Å². The van der Waals surface area contributed by atoms with Gasteiger partial charge < -0.3 is 19.7 Å². The van der Waals surface area contributed by atoms with Crippen LogP contribution in [0.15, 0.2) is 42.5 Å². The molecular formula is C26H32FN3O3. The monoisotopic (exact) mass is 453 g/mol. The van der Waals surface area contributed by atoms with Crippen molar-refractivity contribution in [1.29, 1.82) is 0 Å². The maximum absolute atomic E-state index is 13.4. The number of halogens is 1. The van der Waals surface area contributed by atoms with Gasteiger partial charge in [-0.1, -0.05) is 18.2 Å². The molecule has 2 saturated heterocycles. The van der Waals surface area contributed by atoms with Crippen LogP contribution in [0.5, 0.6) is 5.75 Å². The molecule has 7 heteroatoms. The molecule has 3 heterocycles. The molecule has 0 spiro atoms. The number of fused-ring (bicyclic) bond motifs is 3. The van der Waals surface area contributed by atoms with Gasteiger partial charge in [-0.3, -0.25) is 9.69 Å². The summed E-state index contributed by atoms with van der Waals surface area (Å²) in [4.78, 5) is 18.1. The third kappa shape index (κ3) is 4.84. The van der Waals surface area contributed by atoms with E-state index in [2.05, 4.69) is 27.2 Å². The summed E-state index contributed by atoms with van der Waals surface area (Å²) in [5.74, 6) is 0.584. The van der Waals surface area contributed by atoms with Gasteiger partial charge in [0.1, 0.15) is 11.6 Å². The zero-order valence-corrected chi connectivity index (χ0v) is 19.1. The number of nitrogens with one attached hydrogen (secondary N) is 1. The molecule has 0 aromatic heterocycles. The number of carbonyl (C=O) groups excluding carboxylic acids is 1. The minimum absolute atomic E-state index is 0.0725. The quantitative estimate of drug-likeness (QED) is 0.729. The number of benzene rings is 2. The Morgan fingerprint density at radius 2 is 2.06 bits per heavy atom. The Balaban J connectivity index is 1.35. The van der Waals surface area contributed by atoms with Gasteiger partial charge in [0.25, 0.3) is 0 Å². The Morgan fingerprint density at radius 1 is 1.21 bits per heavy atom. The van der Waals surface area contributed by atoms with E-state index in [1.807, 2.05) is 18.2 Å². The summed E-state index contributed by atoms with van der Waals surface area (Å²) in [6, 6.07) is 12.9. The smallest absolute Gasteiger partial charge is 0.225 e. The van der Waals surface area contributed by atoms with Crippen molar-refractivity contribution < 1.29 is 18.7 Å². The minimum atomic E-state index is -0.218. The third-order valence-electron chi connectivity index (χ3n) is 7.19. The molecule has 0 aliphatic carbocycles. The third-order valence-corrected chi connectivity index (χ3v) is 7.19. The van der Waals surface area contributed by atoms with Gasteiger partial charge >= 0.3 is 0 Å². The van der Waals surface area contributed by atoms with Crippen molar-refractivity contribution in [3.63, 3.8) is 0 Å². The van der Waals surface area contributed by atoms with Crippen LogP contribution in [0.25, 0.3) is 0 Å². The molecule has 3 aliphatic heterocycles. The second kappa shape index (κ2) is 9.69. The molecule has 3 atom stereocenters. The molecule has 0 bridgehead atoms. The molecule has 5 rings (SSSR count). The molecule has 0 radical (unpaired) electrons. The predicted molar refractivity (Wildman–Crippen MR) is 125 cm³/mol. The van der Waals surface area contributed by atoms with Crippen LogP contribution in [0.1, 0.15) is 24.0 Å². The number of hydrogen-bond donors (Lipinski definition) is 1. The van der Waals surface area contributed by atoms with E-state index in [0.29, 0.717) is 13.0 Å². The lowest BCUT2D eigenvalue weighted by Crippen LogP contribution is -2.61. The molecule has 2 aromatic carbocycles. The van der Waals surface area contributed by atoms with Crippen molar-refractivity contribution in [3.05, 3.63) is 59.4 Å². The van der Waals surface area contributed by atoms with Gasteiger partial charge in [-0.25, -0.2) is 4.39 Å². The molecule has 2 aromatic rings. The second-order valence-electron chi connectivity index (χ2n) is 9.31. The van der Waals surface area contributed by atoms with E-state index in [0.717, 1.165) is 56.9 Å². The molecule has 1 amide bonds. The standard InChI is InChI=1S/C26H32FN3O3/c1-32-21-9-6-19-13-23(26(31)28-15-22-3-2-12-33-22)25-17-29(10-11-30(25)24(19)14-21)16-18-4-7-20(27)8-5-18/h4-9,14,22-23,25H,2-3,10-13,15-17H2,1H3,(H,28,31). The fourth-order valence-electron chi connectivity index (χ4n) is 5.41. The number of amides is 1. The average Bonchev–Trinajstić information content (AvgIpc) is 3.37. The number of rotatable bonds is 6. The van der Waals surface area contributed by atoms with E-state index in [1.165, 1.54) is 23.4 Å². The number of anilines is 1. The SMILES string of the molecule is COc1ccc2c(c1)N1CCN(Cc3ccc(F)cc3)CC1C(C(=O)NCC1CCCO1)C2. The van der Waals surface area contributed by atoms with Crippen molar-refractivity contribution in [2.75, 3.05) is 44.8 Å². The van der Waals surface area contributed by atoms with Crippen LogP contribution in [-0.2, 0) is 22.5 Å². The van der Waals surface area contributed by atoms with E-state index in [-0.39, 0.29) is 29.8 Å². The highest BCUT2D eigenvalue weighted by molar-refractivity contribution is 5.82. The van der Waals surface area contributed by atoms with E-state index in [4.69, 9.17) is 9.47 Å². The van der Waals surface area contributed by atoms with Gasteiger partial charge in [0, 0.05) is 51.1 Å². The van der Waals surface area contributed by atoms with Gasteiger partial charge in [0.05, 0.1) is 25.2 Å². The van der Waals surface area contributed by atoms with Gasteiger partial charge in [-0.05, 0) is 48.6 Å². The molecule has 0 saturated carbocycles. The normalized spacial score (nSPS) is 24.8. The Labute approximate surface area is 194 Å². The van der Waals surface area contributed by atoms with Crippen LogP contribution < -0.4 is 15.0 Å². The van der Waals surface area contributed by atoms with E-state index in [9.17, 15) is 9.18 Å². The highest BCUT2D eigenvalue weighted by Gasteiger charge is 2.41. The highest BCUT2D eigenvalue weighted by atomic mass is 19.1. The summed E-state index contributed by atoms with van der Waals surface area (Å²) in [5.41, 5.74) is 3.45. The summed E-state index contributed by atoms with van der Waals surface area (Å²) < 4.78 is 24.5. The highest BCUT2D eigenvalue weighted by Crippen LogP contribution is 2.38. The van der Waals surface area contributed by atoms with Gasteiger partial charge in [0.15, 0.2) is 0 Å². The second-order valence-corrected chi connectivity index (χ2v) is 9.31. The molecule has 3 aliphatic rings. The largest absolute Gasteiger partial charge is 0.497 e. The van der Waals surface area contributed by atoms with Crippen molar-refractivity contribution in [2.24, 2.45) is 5.92 Å². The van der Waals surface area contributed by atoms with Crippen molar-refractivity contribution in [3.8, 4) is 5.75 Å². The van der Waals surface area contributed by atoms with Crippen LogP contribution in [0.3, 0.4) is 0 Å². The number of nitrogens with zero attached hydrogens (tertiary/aromatic N) is 2. The molecule has 176 valence electrons. The fraction of sp³-hybridized carbons (Fsp3) is 0.500. The Bertz CT molecular complexity index is 977. The van der Waals surface area contributed by atoms with Crippen LogP contribution >= 0.6 is 0 Å². The molecule has 3 unspecified atom stereocenters. The zero-order chi connectivity index (χ0) is 22.8. The topological polar surface area (TPSA) is 54.0 Å². The lowest BCUT2D eigenvalue weighted by molar-refractivity contribution is -0.126. The number of methoxy groups -OCH3 is 1. The predicted octanol–water partition coefficient (Wildman–Crippen LogP) is 2.99. The molecule has 33 heavy (non-hydrogen) atoms. The summed E-state index contributed by atoms with van der Waals surface area (Å²) in [6.07, 6.45) is 2.91. The molecular weight excluding hydrogens is 421 g/mol. The minimum Gasteiger partial charge on any atom is -0.497 e.